The molecule has 1 aromatic heterocycles. The molecule has 0 saturated carbocycles. The standard InChI is InChI=1S/C27H27N3O4/c1-5-19-10-12-21(13-11-19)29-17(3)14-20(18(29)4)15-24-25(31)28-27(33)30(26(24)32)22-8-7-9-23(16-22)34-6-2/h7-16H,5-6H2,1-4H3,(H,28,31,33)/b24-15+. The summed E-state index contributed by atoms with van der Waals surface area (Å²) in [5.74, 6) is -0.871. The van der Waals surface area contributed by atoms with Crippen molar-refractivity contribution in [2.45, 2.75) is 34.1 Å². The molecule has 7 nitrogen and oxygen atoms in total. The molecule has 0 radical (unpaired) electrons. The van der Waals surface area contributed by atoms with Gasteiger partial charge < -0.3 is 9.30 Å². The number of carbonyl (C=O) groups excluding carboxylic acids is 3. The number of hydrogen-bond acceptors (Lipinski definition) is 4. The summed E-state index contributed by atoms with van der Waals surface area (Å²) >= 11 is 0. The van der Waals surface area contributed by atoms with E-state index >= 15 is 0 Å². The van der Waals surface area contributed by atoms with Crippen molar-refractivity contribution in [3.8, 4) is 11.4 Å². The highest BCUT2D eigenvalue weighted by Gasteiger charge is 2.37. The fourth-order valence-electron chi connectivity index (χ4n) is 4.14. The summed E-state index contributed by atoms with van der Waals surface area (Å²) < 4.78 is 7.56. The molecule has 4 rings (SSSR count). The molecule has 0 unspecified atom stereocenters. The predicted octanol–water partition coefficient (Wildman–Crippen LogP) is 4.72. The summed E-state index contributed by atoms with van der Waals surface area (Å²) in [5.41, 5.74) is 5.05. The molecule has 3 aromatic rings. The van der Waals surface area contributed by atoms with Gasteiger partial charge in [0.15, 0.2) is 0 Å². The zero-order valence-corrected chi connectivity index (χ0v) is 19.7. The number of hydrogen-bond donors (Lipinski definition) is 1. The molecule has 1 saturated heterocycles. The molecule has 0 aliphatic carbocycles. The summed E-state index contributed by atoms with van der Waals surface area (Å²) in [6, 6.07) is 16.1. The second-order valence-electron chi connectivity index (χ2n) is 8.07. The Morgan fingerprint density at radius 2 is 1.68 bits per heavy atom. The van der Waals surface area contributed by atoms with Crippen molar-refractivity contribution in [2.24, 2.45) is 0 Å². The van der Waals surface area contributed by atoms with Crippen LogP contribution in [0.4, 0.5) is 10.5 Å². The number of amides is 4. The van der Waals surface area contributed by atoms with Crippen LogP contribution in [0.2, 0.25) is 0 Å². The molecule has 2 heterocycles. The maximum Gasteiger partial charge on any atom is 0.335 e. The molecule has 174 valence electrons. The van der Waals surface area contributed by atoms with Crippen molar-refractivity contribution in [3.63, 3.8) is 0 Å². The predicted molar refractivity (Wildman–Crippen MR) is 131 cm³/mol. The van der Waals surface area contributed by atoms with Crippen LogP contribution in [0.5, 0.6) is 5.75 Å². The van der Waals surface area contributed by atoms with E-state index in [4.69, 9.17) is 4.74 Å². The first-order valence-electron chi connectivity index (χ1n) is 11.3. The maximum absolute atomic E-state index is 13.3. The lowest BCUT2D eigenvalue weighted by Crippen LogP contribution is -2.54. The van der Waals surface area contributed by atoms with Gasteiger partial charge in [0.25, 0.3) is 11.8 Å². The molecule has 1 aliphatic heterocycles. The Kier molecular flexibility index (Phi) is 6.36. The minimum atomic E-state index is -0.790. The minimum absolute atomic E-state index is 0.108. The fourth-order valence-corrected chi connectivity index (χ4v) is 4.14. The Bertz CT molecular complexity index is 1300. The van der Waals surface area contributed by atoms with Gasteiger partial charge in [-0.2, -0.15) is 0 Å². The van der Waals surface area contributed by atoms with Gasteiger partial charge in [-0.1, -0.05) is 25.1 Å². The van der Waals surface area contributed by atoms with Crippen molar-refractivity contribution in [2.75, 3.05) is 11.5 Å². The van der Waals surface area contributed by atoms with E-state index in [2.05, 4.69) is 41.1 Å². The number of ether oxygens (including phenoxy) is 1. The number of benzene rings is 2. The zero-order chi connectivity index (χ0) is 24.4. The Morgan fingerprint density at radius 1 is 0.941 bits per heavy atom. The molecule has 7 heteroatoms. The number of nitrogens with zero attached hydrogens (tertiary/aromatic N) is 2. The molecule has 2 aromatic carbocycles. The normalized spacial score (nSPS) is 15.1. The first kappa shape index (κ1) is 23.0. The molecular weight excluding hydrogens is 430 g/mol. The first-order chi connectivity index (χ1) is 16.3. The van der Waals surface area contributed by atoms with Gasteiger partial charge in [0.1, 0.15) is 11.3 Å². The molecule has 1 aliphatic rings. The van der Waals surface area contributed by atoms with Crippen molar-refractivity contribution < 1.29 is 19.1 Å². The van der Waals surface area contributed by atoms with Gasteiger partial charge in [0.2, 0.25) is 0 Å². The molecule has 34 heavy (non-hydrogen) atoms. The smallest absolute Gasteiger partial charge is 0.335 e. The molecule has 1 fully saturated rings. The highest BCUT2D eigenvalue weighted by Crippen LogP contribution is 2.28. The average Bonchev–Trinajstić information content (AvgIpc) is 3.09. The van der Waals surface area contributed by atoms with E-state index in [-0.39, 0.29) is 5.57 Å². The van der Waals surface area contributed by atoms with Gasteiger partial charge in [-0.15, -0.1) is 0 Å². The molecule has 1 N–H and O–H groups in total. The van der Waals surface area contributed by atoms with Gasteiger partial charge in [-0.25, -0.2) is 9.69 Å². The number of aryl methyl sites for hydroxylation is 2. The number of barbiturate groups is 1. The van der Waals surface area contributed by atoms with E-state index in [1.165, 1.54) is 5.56 Å². The SMILES string of the molecule is CCOc1cccc(N2C(=O)NC(=O)/C(=C\c3cc(C)n(-c4ccc(CC)cc4)c3C)C2=O)c1. The van der Waals surface area contributed by atoms with E-state index in [0.717, 1.165) is 34.0 Å². The van der Waals surface area contributed by atoms with Crippen LogP contribution in [0.3, 0.4) is 0 Å². The quantitative estimate of drug-likeness (QED) is 0.429. The molecule has 0 atom stereocenters. The van der Waals surface area contributed by atoms with Crippen molar-refractivity contribution >= 4 is 29.6 Å². The van der Waals surface area contributed by atoms with Crippen LogP contribution in [-0.4, -0.2) is 29.0 Å². The van der Waals surface area contributed by atoms with Crippen LogP contribution in [-0.2, 0) is 16.0 Å². The van der Waals surface area contributed by atoms with Crippen LogP contribution >= 0.6 is 0 Å². The van der Waals surface area contributed by atoms with Crippen LogP contribution in [0.15, 0.2) is 60.2 Å². The molecular formula is C27H27N3O4. The third-order valence-corrected chi connectivity index (χ3v) is 5.86. The number of rotatable bonds is 6. The lowest BCUT2D eigenvalue weighted by Gasteiger charge is -2.26. The summed E-state index contributed by atoms with van der Waals surface area (Å²) in [4.78, 5) is 39.4. The number of nitrogens with one attached hydrogen (secondary N) is 1. The summed E-state index contributed by atoms with van der Waals surface area (Å²) in [6.07, 6.45) is 2.50. The van der Waals surface area contributed by atoms with Gasteiger partial charge in [-0.05, 0) is 74.7 Å². The second-order valence-corrected chi connectivity index (χ2v) is 8.07. The lowest BCUT2D eigenvalue weighted by molar-refractivity contribution is -0.122. The van der Waals surface area contributed by atoms with E-state index < -0.39 is 17.8 Å². The average molecular weight is 458 g/mol. The fraction of sp³-hybridized carbons (Fsp3) is 0.222. The maximum atomic E-state index is 13.3. The van der Waals surface area contributed by atoms with Crippen LogP contribution < -0.4 is 15.0 Å². The van der Waals surface area contributed by atoms with Crippen molar-refractivity contribution in [1.82, 2.24) is 9.88 Å². The monoisotopic (exact) mass is 457 g/mol. The number of aromatic nitrogens is 1. The van der Waals surface area contributed by atoms with E-state index in [1.54, 1.807) is 30.3 Å². The number of anilines is 1. The summed E-state index contributed by atoms with van der Waals surface area (Å²) in [5, 5.41) is 2.28. The summed E-state index contributed by atoms with van der Waals surface area (Å²) in [7, 11) is 0. The Morgan fingerprint density at radius 3 is 2.35 bits per heavy atom. The summed E-state index contributed by atoms with van der Waals surface area (Å²) in [6.45, 7) is 8.32. The molecule has 0 bridgehead atoms. The second kappa shape index (κ2) is 9.39. The van der Waals surface area contributed by atoms with Crippen LogP contribution in [0.1, 0.15) is 36.4 Å². The largest absolute Gasteiger partial charge is 0.494 e. The Hall–Kier alpha value is -4.13. The Balaban J connectivity index is 1.72. The topological polar surface area (TPSA) is 80.6 Å². The van der Waals surface area contributed by atoms with E-state index in [0.29, 0.717) is 18.0 Å². The zero-order valence-electron chi connectivity index (χ0n) is 19.7. The van der Waals surface area contributed by atoms with Gasteiger partial charge in [-0.3, -0.25) is 14.9 Å². The molecule has 4 amide bonds. The number of urea groups is 1. The van der Waals surface area contributed by atoms with Crippen molar-refractivity contribution in [1.29, 1.82) is 0 Å². The van der Waals surface area contributed by atoms with E-state index in [1.807, 2.05) is 26.8 Å². The van der Waals surface area contributed by atoms with Crippen LogP contribution in [0.25, 0.3) is 11.8 Å². The highest BCUT2D eigenvalue weighted by molar-refractivity contribution is 6.39. The minimum Gasteiger partial charge on any atom is -0.494 e. The molecule has 0 spiro atoms. The number of imide groups is 2. The number of carbonyl (C=O) groups is 3. The van der Waals surface area contributed by atoms with Crippen molar-refractivity contribution in [3.05, 3.63) is 82.7 Å². The van der Waals surface area contributed by atoms with Gasteiger partial charge >= 0.3 is 6.03 Å². The first-order valence-corrected chi connectivity index (χ1v) is 11.3. The third-order valence-electron chi connectivity index (χ3n) is 5.86. The highest BCUT2D eigenvalue weighted by atomic mass is 16.5. The lowest BCUT2D eigenvalue weighted by atomic mass is 10.1. The Labute approximate surface area is 198 Å². The van der Waals surface area contributed by atoms with Gasteiger partial charge in [0.05, 0.1) is 12.3 Å². The third kappa shape index (κ3) is 4.24. The van der Waals surface area contributed by atoms with Gasteiger partial charge in [0, 0.05) is 23.1 Å². The van der Waals surface area contributed by atoms with Crippen LogP contribution in [0, 0.1) is 13.8 Å². The van der Waals surface area contributed by atoms with E-state index in [9.17, 15) is 14.4 Å².